The van der Waals surface area contributed by atoms with Crippen LogP contribution >= 0.6 is 0 Å². The SMILES string of the molecule is CC(C)NC(=O)CCOc1cc(F)cc(/C=C/C(=O)O)c1. The highest BCUT2D eigenvalue weighted by Crippen LogP contribution is 2.17. The predicted molar refractivity (Wildman–Crippen MR) is 76.5 cm³/mol. The zero-order valence-electron chi connectivity index (χ0n) is 11.9. The normalized spacial score (nSPS) is 10.9. The number of carbonyl (C=O) groups excluding carboxylic acids is 1. The summed E-state index contributed by atoms with van der Waals surface area (Å²) in [7, 11) is 0. The number of amides is 1. The number of carboxylic acid groups (broad SMARTS) is 1. The summed E-state index contributed by atoms with van der Waals surface area (Å²) in [5.74, 6) is -1.55. The van der Waals surface area contributed by atoms with Crippen LogP contribution in [0.5, 0.6) is 5.75 Å². The second-order valence-corrected chi connectivity index (χ2v) is 4.71. The quantitative estimate of drug-likeness (QED) is 0.756. The van der Waals surface area contributed by atoms with E-state index < -0.39 is 11.8 Å². The minimum Gasteiger partial charge on any atom is -0.493 e. The summed E-state index contributed by atoms with van der Waals surface area (Å²) in [4.78, 5) is 21.8. The minimum atomic E-state index is -1.12. The highest BCUT2D eigenvalue weighted by molar-refractivity contribution is 5.85. The van der Waals surface area contributed by atoms with Gasteiger partial charge in [-0.1, -0.05) is 0 Å². The molecule has 0 aliphatic heterocycles. The number of hydrogen-bond acceptors (Lipinski definition) is 3. The Kier molecular flexibility index (Phi) is 6.39. The summed E-state index contributed by atoms with van der Waals surface area (Å²) in [6.45, 7) is 3.82. The maximum atomic E-state index is 13.4. The molecule has 0 atom stereocenters. The van der Waals surface area contributed by atoms with Crippen LogP contribution in [0, 0.1) is 5.82 Å². The van der Waals surface area contributed by atoms with E-state index in [1.807, 2.05) is 13.8 Å². The Morgan fingerprint density at radius 2 is 2.10 bits per heavy atom. The number of nitrogens with one attached hydrogen (secondary N) is 1. The third-order valence-electron chi connectivity index (χ3n) is 2.36. The molecule has 1 amide bonds. The van der Waals surface area contributed by atoms with Gasteiger partial charge in [0.25, 0.3) is 0 Å². The van der Waals surface area contributed by atoms with Gasteiger partial charge in [0.2, 0.25) is 5.91 Å². The molecule has 0 heterocycles. The summed E-state index contributed by atoms with van der Waals surface area (Å²) in [6.07, 6.45) is 2.34. The molecule has 1 rings (SSSR count). The zero-order valence-corrected chi connectivity index (χ0v) is 11.9. The number of rotatable bonds is 7. The average molecular weight is 295 g/mol. The van der Waals surface area contributed by atoms with E-state index in [9.17, 15) is 14.0 Å². The molecule has 1 aromatic carbocycles. The predicted octanol–water partition coefficient (Wildman–Crippen LogP) is 2.22. The van der Waals surface area contributed by atoms with Crippen LogP contribution in [0.1, 0.15) is 25.8 Å². The molecular weight excluding hydrogens is 277 g/mol. The molecule has 5 nitrogen and oxygen atoms in total. The Hall–Kier alpha value is -2.37. The third kappa shape index (κ3) is 7.10. The summed E-state index contributed by atoms with van der Waals surface area (Å²) < 4.78 is 18.7. The molecule has 0 spiro atoms. The first-order valence-electron chi connectivity index (χ1n) is 6.50. The van der Waals surface area contributed by atoms with E-state index in [2.05, 4.69) is 5.32 Å². The Balaban J connectivity index is 2.59. The number of benzene rings is 1. The van der Waals surface area contributed by atoms with Crippen LogP contribution in [0.25, 0.3) is 6.08 Å². The highest BCUT2D eigenvalue weighted by atomic mass is 19.1. The van der Waals surface area contributed by atoms with Crippen LogP contribution in [0.3, 0.4) is 0 Å². The van der Waals surface area contributed by atoms with Gasteiger partial charge in [-0.05, 0) is 37.6 Å². The summed E-state index contributed by atoms with van der Waals surface area (Å²) >= 11 is 0. The number of hydrogen-bond donors (Lipinski definition) is 2. The van der Waals surface area contributed by atoms with Crippen LogP contribution in [0.2, 0.25) is 0 Å². The number of carbonyl (C=O) groups is 2. The molecule has 114 valence electrons. The van der Waals surface area contributed by atoms with Crippen LogP contribution in [0.15, 0.2) is 24.3 Å². The van der Waals surface area contributed by atoms with Gasteiger partial charge in [-0.15, -0.1) is 0 Å². The van der Waals surface area contributed by atoms with E-state index in [1.54, 1.807) is 0 Å². The second kappa shape index (κ2) is 8.04. The first kappa shape index (κ1) is 16.7. The van der Waals surface area contributed by atoms with Gasteiger partial charge >= 0.3 is 5.97 Å². The van der Waals surface area contributed by atoms with E-state index in [0.717, 1.165) is 6.08 Å². The van der Waals surface area contributed by atoms with E-state index >= 15 is 0 Å². The summed E-state index contributed by atoms with van der Waals surface area (Å²) in [6, 6.07) is 3.93. The van der Waals surface area contributed by atoms with Crippen LogP contribution in [-0.4, -0.2) is 29.6 Å². The molecule has 0 aliphatic rings. The lowest BCUT2D eigenvalue weighted by molar-refractivity contribution is -0.131. The van der Waals surface area contributed by atoms with Gasteiger partial charge in [0.05, 0.1) is 13.0 Å². The van der Waals surface area contributed by atoms with E-state index in [-0.39, 0.29) is 30.7 Å². The van der Waals surface area contributed by atoms with Crippen LogP contribution in [-0.2, 0) is 9.59 Å². The molecule has 0 bridgehead atoms. The first-order valence-corrected chi connectivity index (χ1v) is 6.50. The van der Waals surface area contributed by atoms with E-state index in [0.29, 0.717) is 5.56 Å². The fourth-order valence-electron chi connectivity index (χ4n) is 1.59. The lowest BCUT2D eigenvalue weighted by Gasteiger charge is -2.10. The maximum absolute atomic E-state index is 13.4. The molecule has 6 heteroatoms. The largest absolute Gasteiger partial charge is 0.493 e. The molecule has 0 saturated heterocycles. The van der Waals surface area contributed by atoms with Gasteiger partial charge < -0.3 is 15.2 Å². The lowest BCUT2D eigenvalue weighted by Crippen LogP contribution is -2.31. The molecule has 1 aromatic rings. The molecule has 0 saturated carbocycles. The molecule has 0 radical (unpaired) electrons. The molecule has 2 N–H and O–H groups in total. The summed E-state index contributed by atoms with van der Waals surface area (Å²) in [5.41, 5.74) is 0.374. The number of carboxylic acids is 1. The fraction of sp³-hybridized carbons (Fsp3) is 0.333. The molecule has 0 fully saturated rings. The van der Waals surface area contributed by atoms with Gasteiger partial charge in [-0.3, -0.25) is 4.79 Å². The first-order chi connectivity index (χ1) is 9.86. The van der Waals surface area contributed by atoms with Gasteiger partial charge in [0, 0.05) is 18.2 Å². The van der Waals surface area contributed by atoms with E-state index in [4.69, 9.17) is 9.84 Å². The standard InChI is InChI=1S/C15H18FNO4/c1-10(2)17-14(18)5-6-21-13-8-11(3-4-15(19)20)7-12(16)9-13/h3-4,7-10H,5-6H2,1-2H3,(H,17,18)(H,19,20)/b4-3+. The molecular formula is C15H18FNO4. The van der Waals surface area contributed by atoms with Crippen molar-refractivity contribution >= 4 is 18.0 Å². The van der Waals surface area contributed by atoms with Crippen molar-refractivity contribution in [1.29, 1.82) is 0 Å². The van der Waals surface area contributed by atoms with Crippen molar-refractivity contribution in [3.05, 3.63) is 35.7 Å². The lowest BCUT2D eigenvalue weighted by atomic mass is 10.2. The average Bonchev–Trinajstić information content (AvgIpc) is 2.35. The molecule has 0 aliphatic carbocycles. The maximum Gasteiger partial charge on any atom is 0.328 e. The topological polar surface area (TPSA) is 75.6 Å². The van der Waals surface area contributed by atoms with Crippen molar-refractivity contribution in [3.8, 4) is 5.75 Å². The Morgan fingerprint density at radius 1 is 1.38 bits per heavy atom. The van der Waals surface area contributed by atoms with Crippen molar-refractivity contribution in [2.75, 3.05) is 6.61 Å². The third-order valence-corrected chi connectivity index (χ3v) is 2.36. The van der Waals surface area contributed by atoms with Crippen molar-refractivity contribution in [1.82, 2.24) is 5.32 Å². The van der Waals surface area contributed by atoms with Gasteiger partial charge in [0.1, 0.15) is 11.6 Å². The van der Waals surface area contributed by atoms with Crippen molar-refractivity contribution < 1.29 is 23.8 Å². The second-order valence-electron chi connectivity index (χ2n) is 4.71. The van der Waals surface area contributed by atoms with Crippen molar-refractivity contribution in [3.63, 3.8) is 0 Å². The number of ether oxygens (including phenoxy) is 1. The van der Waals surface area contributed by atoms with Gasteiger partial charge in [-0.25, -0.2) is 9.18 Å². The van der Waals surface area contributed by atoms with Crippen molar-refractivity contribution in [2.24, 2.45) is 0 Å². The molecule has 0 aromatic heterocycles. The smallest absolute Gasteiger partial charge is 0.328 e. The Morgan fingerprint density at radius 3 is 2.71 bits per heavy atom. The highest BCUT2D eigenvalue weighted by Gasteiger charge is 2.05. The Bertz CT molecular complexity index is 540. The molecule has 21 heavy (non-hydrogen) atoms. The monoisotopic (exact) mass is 295 g/mol. The van der Waals surface area contributed by atoms with Crippen LogP contribution < -0.4 is 10.1 Å². The minimum absolute atomic E-state index is 0.0550. The molecule has 0 unspecified atom stereocenters. The van der Waals surface area contributed by atoms with Crippen LogP contribution in [0.4, 0.5) is 4.39 Å². The van der Waals surface area contributed by atoms with Gasteiger partial charge in [-0.2, -0.15) is 0 Å². The zero-order chi connectivity index (χ0) is 15.8. The number of aliphatic carboxylic acids is 1. The van der Waals surface area contributed by atoms with E-state index in [1.165, 1.54) is 24.3 Å². The van der Waals surface area contributed by atoms with Gasteiger partial charge in [0.15, 0.2) is 0 Å². The van der Waals surface area contributed by atoms with Crippen molar-refractivity contribution in [2.45, 2.75) is 26.3 Å². The Labute approximate surface area is 122 Å². The summed E-state index contributed by atoms with van der Waals surface area (Å²) in [5, 5.41) is 11.2. The fourth-order valence-corrected chi connectivity index (χ4v) is 1.59. The number of halogens is 1.